The Kier molecular flexibility index (Phi) is 6.87. The Morgan fingerprint density at radius 1 is 0.684 bits per heavy atom. The van der Waals surface area contributed by atoms with Gasteiger partial charge < -0.3 is 9.47 Å². The minimum Gasteiger partial charge on any atom is -0.335 e. The van der Waals surface area contributed by atoms with Gasteiger partial charge in [0.1, 0.15) is 0 Å². The number of hydrogen-bond donors (Lipinski definition) is 0. The summed E-state index contributed by atoms with van der Waals surface area (Å²) in [6.07, 6.45) is -0.548. The SMILES string of the molecule is CC(C)OC(OC(C)C)(C(=O)C(C)C)C(=O)C(C)C. The molecular weight excluding hydrogens is 244 g/mol. The number of Topliss-reactive ketones (excluding diaryl/α,β-unsaturated/α-hetero) is 2. The van der Waals surface area contributed by atoms with Gasteiger partial charge in [0.2, 0.25) is 11.6 Å². The molecule has 0 unspecified atom stereocenters. The van der Waals surface area contributed by atoms with E-state index in [1.807, 2.05) is 0 Å². The molecule has 19 heavy (non-hydrogen) atoms. The van der Waals surface area contributed by atoms with Crippen molar-refractivity contribution in [3.63, 3.8) is 0 Å². The molecule has 112 valence electrons. The van der Waals surface area contributed by atoms with Crippen molar-refractivity contribution in [2.45, 2.75) is 73.4 Å². The van der Waals surface area contributed by atoms with E-state index < -0.39 is 5.79 Å². The van der Waals surface area contributed by atoms with Crippen LogP contribution in [0.5, 0.6) is 0 Å². The quantitative estimate of drug-likeness (QED) is 0.503. The van der Waals surface area contributed by atoms with Crippen LogP contribution < -0.4 is 0 Å². The summed E-state index contributed by atoms with van der Waals surface area (Å²) in [5.41, 5.74) is 0. The zero-order chi connectivity index (χ0) is 15.4. The van der Waals surface area contributed by atoms with E-state index in [2.05, 4.69) is 0 Å². The topological polar surface area (TPSA) is 52.6 Å². The first-order valence-corrected chi connectivity index (χ1v) is 6.98. The van der Waals surface area contributed by atoms with Crippen LogP contribution >= 0.6 is 0 Å². The van der Waals surface area contributed by atoms with Crippen LogP contribution in [0.15, 0.2) is 0 Å². The predicted octanol–water partition coefficient (Wildman–Crippen LogP) is 2.98. The van der Waals surface area contributed by atoms with Gasteiger partial charge in [-0.2, -0.15) is 0 Å². The van der Waals surface area contributed by atoms with Crippen LogP contribution in [0.2, 0.25) is 0 Å². The van der Waals surface area contributed by atoms with E-state index >= 15 is 0 Å². The molecular formula is C15H28O4. The molecule has 0 aliphatic rings. The van der Waals surface area contributed by atoms with Crippen LogP contribution in [-0.4, -0.2) is 29.6 Å². The summed E-state index contributed by atoms with van der Waals surface area (Å²) in [5.74, 6) is -3.06. The van der Waals surface area contributed by atoms with Crippen molar-refractivity contribution in [2.75, 3.05) is 0 Å². The predicted molar refractivity (Wildman–Crippen MR) is 74.9 cm³/mol. The van der Waals surface area contributed by atoms with E-state index in [1.165, 1.54) is 0 Å². The molecule has 0 heterocycles. The Morgan fingerprint density at radius 2 is 0.947 bits per heavy atom. The van der Waals surface area contributed by atoms with Crippen molar-refractivity contribution < 1.29 is 19.1 Å². The lowest BCUT2D eigenvalue weighted by atomic mass is 9.91. The molecule has 0 radical (unpaired) electrons. The minimum atomic E-state index is -1.77. The first-order chi connectivity index (χ1) is 8.54. The Morgan fingerprint density at radius 3 is 1.11 bits per heavy atom. The summed E-state index contributed by atoms with van der Waals surface area (Å²) in [6, 6.07) is 0. The Labute approximate surface area is 116 Å². The highest BCUT2D eigenvalue weighted by molar-refractivity contribution is 6.10. The molecule has 4 nitrogen and oxygen atoms in total. The molecule has 0 bridgehead atoms. The van der Waals surface area contributed by atoms with Gasteiger partial charge in [0, 0.05) is 11.8 Å². The third kappa shape index (κ3) is 4.69. The van der Waals surface area contributed by atoms with E-state index in [0.717, 1.165) is 0 Å². The average molecular weight is 272 g/mol. The van der Waals surface area contributed by atoms with Crippen molar-refractivity contribution in [1.29, 1.82) is 0 Å². The maximum Gasteiger partial charge on any atom is 0.291 e. The van der Waals surface area contributed by atoms with Crippen molar-refractivity contribution in [3.05, 3.63) is 0 Å². The lowest BCUT2D eigenvalue weighted by molar-refractivity contribution is -0.248. The maximum atomic E-state index is 12.5. The normalized spacial score (nSPS) is 12.8. The standard InChI is InChI=1S/C15H28O4/c1-9(2)13(16)15(18-11(5)6,19-12(7)8)14(17)10(3)4/h9-12H,1-8H3. The third-order valence-electron chi connectivity index (χ3n) is 2.50. The van der Waals surface area contributed by atoms with Gasteiger partial charge in [-0.05, 0) is 27.7 Å². The number of ketones is 2. The number of carbonyl (C=O) groups excluding carboxylic acids is 2. The average Bonchev–Trinajstić information content (AvgIpc) is 2.24. The monoisotopic (exact) mass is 272 g/mol. The lowest BCUT2D eigenvalue weighted by Gasteiger charge is -2.36. The first-order valence-electron chi connectivity index (χ1n) is 6.98. The zero-order valence-corrected chi connectivity index (χ0v) is 13.4. The van der Waals surface area contributed by atoms with Crippen LogP contribution in [0.3, 0.4) is 0 Å². The summed E-state index contributed by atoms with van der Waals surface area (Å²) < 4.78 is 11.3. The number of carbonyl (C=O) groups is 2. The molecule has 0 spiro atoms. The molecule has 0 saturated heterocycles. The van der Waals surface area contributed by atoms with E-state index in [1.54, 1.807) is 55.4 Å². The summed E-state index contributed by atoms with van der Waals surface area (Å²) in [7, 11) is 0. The highest BCUT2D eigenvalue weighted by Crippen LogP contribution is 2.27. The summed E-state index contributed by atoms with van der Waals surface area (Å²) >= 11 is 0. The van der Waals surface area contributed by atoms with Crippen LogP contribution in [0, 0.1) is 11.8 Å². The Bertz CT molecular complexity index is 284. The summed E-state index contributed by atoms with van der Waals surface area (Å²) in [4.78, 5) is 25.0. The summed E-state index contributed by atoms with van der Waals surface area (Å²) in [5, 5.41) is 0. The fraction of sp³-hybridized carbons (Fsp3) is 0.867. The molecule has 0 aromatic rings. The molecule has 0 fully saturated rings. The number of rotatable bonds is 8. The van der Waals surface area contributed by atoms with Gasteiger partial charge in [-0.25, -0.2) is 0 Å². The van der Waals surface area contributed by atoms with Crippen LogP contribution in [-0.2, 0) is 19.1 Å². The first kappa shape index (κ1) is 18.3. The minimum absolute atomic E-state index is 0.274. The molecule has 4 heteroatoms. The molecule has 0 rings (SSSR count). The molecule has 0 amide bonds. The van der Waals surface area contributed by atoms with Crippen LogP contribution in [0.4, 0.5) is 0 Å². The van der Waals surface area contributed by atoms with Crippen molar-refractivity contribution in [1.82, 2.24) is 0 Å². The second kappa shape index (κ2) is 7.15. The molecule has 0 atom stereocenters. The highest BCUT2D eigenvalue weighted by atomic mass is 16.7. The van der Waals surface area contributed by atoms with E-state index in [-0.39, 0.29) is 35.6 Å². The molecule has 0 saturated carbocycles. The fourth-order valence-corrected chi connectivity index (χ4v) is 1.81. The smallest absolute Gasteiger partial charge is 0.291 e. The molecule has 0 N–H and O–H groups in total. The van der Waals surface area contributed by atoms with Crippen molar-refractivity contribution in [2.24, 2.45) is 11.8 Å². The second-order valence-electron chi connectivity index (χ2n) is 5.99. The molecule has 0 aliphatic heterocycles. The second-order valence-corrected chi connectivity index (χ2v) is 5.99. The number of hydrogen-bond acceptors (Lipinski definition) is 4. The molecule has 0 aromatic heterocycles. The van der Waals surface area contributed by atoms with Crippen molar-refractivity contribution >= 4 is 11.6 Å². The van der Waals surface area contributed by atoms with E-state index in [9.17, 15) is 9.59 Å². The van der Waals surface area contributed by atoms with E-state index in [0.29, 0.717) is 0 Å². The number of ether oxygens (including phenoxy) is 2. The highest BCUT2D eigenvalue weighted by Gasteiger charge is 2.51. The molecule has 0 aromatic carbocycles. The van der Waals surface area contributed by atoms with Gasteiger partial charge in [0.25, 0.3) is 5.79 Å². The van der Waals surface area contributed by atoms with Gasteiger partial charge in [0.05, 0.1) is 12.2 Å². The lowest BCUT2D eigenvalue weighted by Crippen LogP contribution is -2.57. The third-order valence-corrected chi connectivity index (χ3v) is 2.50. The Balaban J connectivity index is 5.70. The van der Waals surface area contributed by atoms with Crippen LogP contribution in [0.1, 0.15) is 55.4 Å². The van der Waals surface area contributed by atoms with Crippen molar-refractivity contribution in [3.8, 4) is 0 Å². The van der Waals surface area contributed by atoms with Gasteiger partial charge >= 0.3 is 0 Å². The van der Waals surface area contributed by atoms with E-state index in [4.69, 9.17) is 9.47 Å². The largest absolute Gasteiger partial charge is 0.335 e. The molecule has 0 aliphatic carbocycles. The van der Waals surface area contributed by atoms with Gasteiger partial charge in [-0.15, -0.1) is 0 Å². The zero-order valence-electron chi connectivity index (χ0n) is 13.4. The summed E-state index contributed by atoms with van der Waals surface area (Å²) in [6.45, 7) is 14.2. The fourth-order valence-electron chi connectivity index (χ4n) is 1.81. The van der Waals surface area contributed by atoms with Gasteiger partial charge in [-0.3, -0.25) is 9.59 Å². The maximum absolute atomic E-state index is 12.5. The Hall–Kier alpha value is -0.740. The van der Waals surface area contributed by atoms with Gasteiger partial charge in [0.15, 0.2) is 0 Å². The van der Waals surface area contributed by atoms with Crippen LogP contribution in [0.25, 0.3) is 0 Å². The van der Waals surface area contributed by atoms with Gasteiger partial charge in [-0.1, -0.05) is 27.7 Å².